The van der Waals surface area contributed by atoms with E-state index in [0.717, 1.165) is 16.2 Å². The molecule has 1 atom stereocenters. The van der Waals surface area contributed by atoms with Crippen LogP contribution in [0.3, 0.4) is 0 Å². The monoisotopic (exact) mass is 346 g/mol. The van der Waals surface area contributed by atoms with Crippen molar-refractivity contribution >= 4 is 34.6 Å². The summed E-state index contributed by atoms with van der Waals surface area (Å²) in [5, 5.41) is 7.08. The lowest BCUT2D eigenvalue weighted by Gasteiger charge is -2.26. The zero-order chi connectivity index (χ0) is 16.4. The summed E-state index contributed by atoms with van der Waals surface area (Å²) in [5.74, 6) is -0.690. The summed E-state index contributed by atoms with van der Waals surface area (Å²) >= 11 is 7.73. The fraction of sp³-hybridized carbons (Fsp3) is 0.176. The van der Waals surface area contributed by atoms with Gasteiger partial charge in [0.2, 0.25) is 0 Å². The van der Waals surface area contributed by atoms with Crippen molar-refractivity contribution in [1.29, 1.82) is 0 Å². The van der Waals surface area contributed by atoms with Crippen LogP contribution in [0.5, 0.6) is 0 Å². The van der Waals surface area contributed by atoms with Crippen molar-refractivity contribution in [3.05, 3.63) is 68.5 Å². The van der Waals surface area contributed by atoms with Crippen molar-refractivity contribution in [1.82, 2.24) is 5.43 Å². The quantitative estimate of drug-likeness (QED) is 0.856. The molecule has 1 aliphatic heterocycles. The number of carbonyl (C=O) groups excluding carboxylic acids is 1. The molecule has 0 saturated carbocycles. The SMILES string of the molecule is COC(=O)C1=C(C)NN=C(c2cccs2)C1c1cccc(Cl)c1. The summed E-state index contributed by atoms with van der Waals surface area (Å²) in [7, 11) is 1.38. The maximum absolute atomic E-state index is 12.4. The summed E-state index contributed by atoms with van der Waals surface area (Å²) in [6, 6.07) is 11.4. The van der Waals surface area contributed by atoms with Crippen LogP contribution in [0.1, 0.15) is 23.3 Å². The molecule has 0 saturated heterocycles. The van der Waals surface area contributed by atoms with Gasteiger partial charge in [-0.1, -0.05) is 29.8 Å². The smallest absolute Gasteiger partial charge is 0.336 e. The maximum atomic E-state index is 12.4. The van der Waals surface area contributed by atoms with E-state index < -0.39 is 0 Å². The Labute approximate surface area is 143 Å². The number of allylic oxidation sites excluding steroid dienone is 1. The van der Waals surface area contributed by atoms with Crippen LogP contribution in [0, 0.1) is 0 Å². The van der Waals surface area contributed by atoms with Crippen molar-refractivity contribution in [3.63, 3.8) is 0 Å². The van der Waals surface area contributed by atoms with Crippen LogP contribution >= 0.6 is 22.9 Å². The van der Waals surface area contributed by atoms with Crippen LogP contribution in [-0.2, 0) is 9.53 Å². The molecule has 23 heavy (non-hydrogen) atoms. The van der Waals surface area contributed by atoms with Crippen molar-refractivity contribution in [2.75, 3.05) is 7.11 Å². The van der Waals surface area contributed by atoms with Crippen molar-refractivity contribution in [2.45, 2.75) is 12.8 Å². The molecule has 3 rings (SSSR count). The topological polar surface area (TPSA) is 50.7 Å². The number of methoxy groups -OCH3 is 1. The summed E-state index contributed by atoms with van der Waals surface area (Å²) in [6.07, 6.45) is 0. The Morgan fingerprint density at radius 1 is 1.35 bits per heavy atom. The lowest BCUT2D eigenvalue weighted by Crippen LogP contribution is -2.30. The molecule has 1 aromatic heterocycles. The first-order chi connectivity index (χ1) is 11.1. The zero-order valence-corrected chi connectivity index (χ0v) is 14.2. The number of thiophene rings is 1. The normalized spacial score (nSPS) is 17.5. The molecule has 0 radical (unpaired) electrons. The van der Waals surface area contributed by atoms with Gasteiger partial charge < -0.3 is 4.74 Å². The van der Waals surface area contributed by atoms with E-state index in [0.29, 0.717) is 16.3 Å². The number of ether oxygens (including phenoxy) is 1. The highest BCUT2D eigenvalue weighted by Gasteiger charge is 2.34. The molecule has 0 fully saturated rings. The lowest BCUT2D eigenvalue weighted by molar-refractivity contribution is -0.136. The van der Waals surface area contributed by atoms with Gasteiger partial charge in [-0.25, -0.2) is 4.79 Å². The number of esters is 1. The largest absolute Gasteiger partial charge is 0.466 e. The molecule has 2 heterocycles. The van der Waals surface area contributed by atoms with E-state index in [1.807, 2.05) is 48.7 Å². The van der Waals surface area contributed by atoms with Crippen LogP contribution in [0.2, 0.25) is 5.02 Å². The van der Waals surface area contributed by atoms with Crippen LogP contribution in [0.25, 0.3) is 0 Å². The number of rotatable bonds is 3. The van der Waals surface area contributed by atoms with E-state index in [9.17, 15) is 4.79 Å². The van der Waals surface area contributed by atoms with Crippen molar-refractivity contribution in [2.24, 2.45) is 5.10 Å². The Bertz CT molecular complexity index is 797. The molecule has 6 heteroatoms. The summed E-state index contributed by atoms with van der Waals surface area (Å²) in [4.78, 5) is 13.4. The highest BCUT2D eigenvalue weighted by Crippen LogP contribution is 2.35. The predicted octanol–water partition coefficient (Wildman–Crippen LogP) is 3.94. The number of carbonyl (C=O) groups is 1. The Balaban J connectivity index is 2.17. The molecule has 0 spiro atoms. The van der Waals surface area contributed by atoms with Gasteiger partial charge in [0.25, 0.3) is 0 Å². The minimum absolute atomic E-state index is 0.318. The van der Waals surface area contributed by atoms with Gasteiger partial charge in [-0.05, 0) is 36.1 Å². The Hall–Kier alpha value is -2.11. The number of hydrazone groups is 1. The highest BCUT2D eigenvalue weighted by molar-refractivity contribution is 7.12. The van der Waals surface area contributed by atoms with Gasteiger partial charge in [0.1, 0.15) is 0 Å². The van der Waals surface area contributed by atoms with Crippen molar-refractivity contribution < 1.29 is 9.53 Å². The Morgan fingerprint density at radius 3 is 2.83 bits per heavy atom. The molecule has 0 aliphatic carbocycles. The maximum Gasteiger partial charge on any atom is 0.336 e. The first kappa shape index (κ1) is 15.8. The minimum atomic E-state index is -0.371. The number of nitrogens with one attached hydrogen (secondary N) is 1. The third-order valence-corrected chi connectivity index (χ3v) is 4.80. The molecule has 0 amide bonds. The molecule has 4 nitrogen and oxygen atoms in total. The third kappa shape index (κ3) is 3.02. The Kier molecular flexibility index (Phi) is 4.50. The molecule has 1 unspecified atom stereocenters. The van der Waals surface area contributed by atoms with E-state index in [4.69, 9.17) is 16.3 Å². The average molecular weight is 347 g/mol. The van der Waals surface area contributed by atoms with Crippen LogP contribution < -0.4 is 5.43 Å². The first-order valence-electron chi connectivity index (χ1n) is 7.04. The van der Waals surface area contributed by atoms with Gasteiger partial charge in [0.15, 0.2) is 0 Å². The molecule has 1 aliphatic rings. The number of hydrogen-bond acceptors (Lipinski definition) is 5. The van der Waals surface area contributed by atoms with E-state index in [-0.39, 0.29) is 11.9 Å². The van der Waals surface area contributed by atoms with Gasteiger partial charge in [-0.15, -0.1) is 11.3 Å². The summed E-state index contributed by atoms with van der Waals surface area (Å²) < 4.78 is 4.99. The molecule has 118 valence electrons. The number of halogens is 1. The second-order valence-electron chi connectivity index (χ2n) is 5.10. The van der Waals surface area contributed by atoms with Gasteiger partial charge in [0, 0.05) is 10.7 Å². The third-order valence-electron chi connectivity index (χ3n) is 3.67. The van der Waals surface area contributed by atoms with Crippen LogP contribution in [-0.4, -0.2) is 18.8 Å². The van der Waals surface area contributed by atoms with E-state index in [1.54, 1.807) is 11.3 Å². The first-order valence-corrected chi connectivity index (χ1v) is 8.29. The van der Waals surface area contributed by atoms with Crippen molar-refractivity contribution in [3.8, 4) is 0 Å². The Morgan fingerprint density at radius 2 is 2.17 bits per heavy atom. The predicted molar refractivity (Wildman–Crippen MR) is 92.9 cm³/mol. The molecule has 0 bridgehead atoms. The van der Waals surface area contributed by atoms with Crippen LogP contribution in [0.15, 0.2) is 58.1 Å². The van der Waals surface area contributed by atoms with Gasteiger partial charge in [0.05, 0.1) is 29.2 Å². The average Bonchev–Trinajstić information content (AvgIpc) is 3.08. The molecule has 1 aromatic carbocycles. The van der Waals surface area contributed by atoms with Gasteiger partial charge in [-0.3, -0.25) is 5.43 Å². The number of nitrogens with zero attached hydrogens (tertiary/aromatic N) is 1. The minimum Gasteiger partial charge on any atom is -0.466 e. The molecule has 2 aromatic rings. The molecular formula is C17H15ClN2O2S. The number of benzene rings is 1. The lowest BCUT2D eigenvalue weighted by atomic mass is 9.84. The fourth-order valence-electron chi connectivity index (χ4n) is 2.64. The van der Waals surface area contributed by atoms with E-state index >= 15 is 0 Å². The fourth-order valence-corrected chi connectivity index (χ4v) is 3.58. The summed E-state index contributed by atoms with van der Waals surface area (Å²) in [5.41, 5.74) is 5.87. The second kappa shape index (κ2) is 6.56. The molecule has 1 N–H and O–H groups in total. The van der Waals surface area contributed by atoms with Gasteiger partial charge in [-0.2, -0.15) is 5.10 Å². The summed E-state index contributed by atoms with van der Waals surface area (Å²) in [6.45, 7) is 1.82. The van der Waals surface area contributed by atoms with Crippen LogP contribution in [0.4, 0.5) is 0 Å². The zero-order valence-electron chi connectivity index (χ0n) is 12.7. The number of hydrogen-bond donors (Lipinski definition) is 1. The second-order valence-corrected chi connectivity index (χ2v) is 6.49. The van der Waals surface area contributed by atoms with E-state index in [1.165, 1.54) is 7.11 Å². The highest BCUT2D eigenvalue weighted by atomic mass is 35.5. The molecular weight excluding hydrogens is 332 g/mol. The van der Waals surface area contributed by atoms with Gasteiger partial charge >= 0.3 is 5.97 Å². The van der Waals surface area contributed by atoms with E-state index in [2.05, 4.69) is 10.5 Å². The standard InChI is InChI=1S/C17H15ClN2O2S/c1-10-14(17(21)22-2)15(11-5-3-6-12(18)9-11)16(20-19-10)13-7-4-8-23-13/h3-9,15,19H,1-2H3.